The van der Waals surface area contributed by atoms with Crippen molar-refractivity contribution >= 4 is 40.7 Å². The molecule has 1 aromatic rings. The smallest absolute Gasteiger partial charge is 0.375 e. The molecule has 0 N–H and O–H groups in total. The summed E-state index contributed by atoms with van der Waals surface area (Å²) in [6.07, 6.45) is 9.26. The van der Waals surface area contributed by atoms with Crippen LogP contribution >= 0.6 is 23.2 Å². The van der Waals surface area contributed by atoms with Crippen LogP contribution in [0.4, 0.5) is 0 Å². The van der Waals surface area contributed by atoms with Crippen LogP contribution in [0.1, 0.15) is 63.9 Å². The summed E-state index contributed by atoms with van der Waals surface area (Å²) in [7, 11) is 0. The molecule has 8 atom stereocenters. The van der Waals surface area contributed by atoms with Gasteiger partial charge in [-0.2, -0.15) is 0 Å². The van der Waals surface area contributed by atoms with Crippen molar-refractivity contribution in [2.24, 2.45) is 28.6 Å². The van der Waals surface area contributed by atoms with Gasteiger partial charge in [-0.05, 0) is 68.7 Å². The van der Waals surface area contributed by atoms with Crippen molar-refractivity contribution in [3.05, 3.63) is 48.0 Å². The molecule has 0 spiro atoms. The standard InChI is InChI=1S/C27H30Cl2O5/c1-15-12-20-19-8-7-17-13-18(31)9-10-24(17,3)26(19,29)22(28)14-25(20,4)27(15,16(2)30)34-23(32)21-6-5-11-33-21/h5-6,9-11,13,15,19-20,22H,7-8,12,14H2,1-4H3/t15?,19-,20-,22?,24-,25-,26-,27-/m0/s1. The highest BCUT2D eigenvalue weighted by molar-refractivity contribution is 6.34. The highest BCUT2D eigenvalue weighted by Crippen LogP contribution is 2.73. The number of rotatable bonds is 3. The first-order valence-electron chi connectivity index (χ1n) is 12.0. The summed E-state index contributed by atoms with van der Waals surface area (Å²) >= 11 is 14.8. The summed E-state index contributed by atoms with van der Waals surface area (Å²) in [5.74, 6) is -0.974. The molecule has 34 heavy (non-hydrogen) atoms. The van der Waals surface area contributed by atoms with Crippen molar-refractivity contribution in [1.82, 2.24) is 0 Å². The Morgan fingerprint density at radius 1 is 1.24 bits per heavy atom. The topological polar surface area (TPSA) is 73.6 Å². The van der Waals surface area contributed by atoms with Gasteiger partial charge >= 0.3 is 5.97 Å². The Hall–Kier alpha value is -1.85. The number of ketones is 2. The van der Waals surface area contributed by atoms with Gasteiger partial charge in [-0.25, -0.2) is 4.79 Å². The van der Waals surface area contributed by atoms with Gasteiger partial charge in [-0.3, -0.25) is 9.59 Å². The van der Waals surface area contributed by atoms with Crippen LogP contribution in [0, 0.1) is 28.6 Å². The fourth-order valence-electron chi connectivity index (χ4n) is 8.10. The van der Waals surface area contributed by atoms with E-state index in [9.17, 15) is 14.4 Å². The molecule has 4 aliphatic carbocycles. The van der Waals surface area contributed by atoms with Gasteiger partial charge < -0.3 is 9.15 Å². The van der Waals surface area contributed by atoms with Gasteiger partial charge in [0.15, 0.2) is 17.2 Å². The highest BCUT2D eigenvalue weighted by Gasteiger charge is 2.75. The highest BCUT2D eigenvalue weighted by atomic mass is 35.5. The zero-order valence-corrected chi connectivity index (χ0v) is 21.4. The maximum Gasteiger partial charge on any atom is 0.375 e. The second-order valence-corrected chi connectivity index (χ2v) is 12.2. The Balaban J connectivity index is 1.60. The van der Waals surface area contributed by atoms with Gasteiger partial charge in [0.2, 0.25) is 5.76 Å². The summed E-state index contributed by atoms with van der Waals surface area (Å²) < 4.78 is 11.4. The van der Waals surface area contributed by atoms with E-state index in [0.717, 1.165) is 18.4 Å². The zero-order chi connectivity index (χ0) is 24.7. The molecule has 2 unspecified atom stereocenters. The zero-order valence-electron chi connectivity index (χ0n) is 19.9. The van der Waals surface area contributed by atoms with Crippen LogP contribution in [0.15, 0.2) is 46.6 Å². The molecule has 0 saturated heterocycles. The van der Waals surface area contributed by atoms with E-state index in [1.54, 1.807) is 18.2 Å². The van der Waals surface area contributed by atoms with Crippen LogP contribution in [0.25, 0.3) is 0 Å². The molecule has 0 aromatic carbocycles. The Bertz CT molecular complexity index is 1120. The minimum absolute atomic E-state index is 0.0126. The fraction of sp³-hybridized carbons (Fsp3) is 0.593. The summed E-state index contributed by atoms with van der Waals surface area (Å²) in [5, 5.41) is -0.502. The number of hydrogen-bond acceptors (Lipinski definition) is 5. The number of carbonyl (C=O) groups excluding carboxylic acids is 3. The third-order valence-electron chi connectivity index (χ3n) is 9.64. The molecule has 5 nitrogen and oxygen atoms in total. The molecule has 3 fully saturated rings. The molecule has 3 saturated carbocycles. The van der Waals surface area contributed by atoms with Crippen LogP contribution in [-0.2, 0) is 14.3 Å². The Kier molecular flexibility index (Phi) is 5.32. The second-order valence-electron chi connectivity index (χ2n) is 11.0. The molecule has 0 radical (unpaired) electrons. The van der Waals surface area contributed by atoms with Gasteiger partial charge in [-0.15, -0.1) is 23.2 Å². The molecule has 5 rings (SSSR count). The Morgan fingerprint density at radius 3 is 2.62 bits per heavy atom. The third kappa shape index (κ3) is 2.77. The maximum atomic E-state index is 13.4. The number of allylic oxidation sites excluding steroid dienone is 4. The lowest BCUT2D eigenvalue weighted by Crippen LogP contribution is -2.68. The molecule has 1 aromatic heterocycles. The normalized spacial score (nSPS) is 45.1. The average molecular weight is 505 g/mol. The molecular formula is C27H30Cl2O5. The molecule has 1 heterocycles. The van der Waals surface area contributed by atoms with E-state index in [1.165, 1.54) is 19.3 Å². The van der Waals surface area contributed by atoms with Crippen LogP contribution in [0.5, 0.6) is 0 Å². The van der Waals surface area contributed by atoms with E-state index in [2.05, 4.69) is 6.92 Å². The van der Waals surface area contributed by atoms with E-state index in [0.29, 0.717) is 12.8 Å². The molecule has 0 aliphatic heterocycles. The number of esters is 1. The largest absolute Gasteiger partial charge is 0.457 e. The number of fused-ring (bicyclic) bond motifs is 5. The number of ether oxygens (including phenoxy) is 1. The summed E-state index contributed by atoms with van der Waals surface area (Å²) in [6, 6.07) is 3.16. The number of Topliss-reactive ketones (excluding diaryl/α,β-unsaturated/α-hetero) is 1. The average Bonchev–Trinajstić information content (AvgIpc) is 3.37. The predicted molar refractivity (Wildman–Crippen MR) is 129 cm³/mol. The van der Waals surface area contributed by atoms with Crippen LogP contribution in [0.2, 0.25) is 0 Å². The van der Waals surface area contributed by atoms with Crippen molar-refractivity contribution in [3.8, 4) is 0 Å². The van der Waals surface area contributed by atoms with Gasteiger partial charge in [0.25, 0.3) is 0 Å². The van der Waals surface area contributed by atoms with E-state index in [4.69, 9.17) is 32.4 Å². The molecule has 4 aliphatic rings. The Labute approximate surface area is 209 Å². The predicted octanol–water partition coefficient (Wildman–Crippen LogP) is 5.90. The number of hydrogen-bond donors (Lipinski definition) is 0. The SMILES string of the molecule is CC(=O)[C@@]1(OC(=O)c2ccco2)C(C)C[C@H]2[C@@H]3CCC4=CC(=O)C=C[C@]4(C)[C@@]3(Cl)C(Cl)C[C@@]21C. The fourth-order valence-corrected chi connectivity index (χ4v) is 9.33. The minimum Gasteiger partial charge on any atom is -0.457 e. The van der Waals surface area contributed by atoms with E-state index in [1.807, 2.05) is 19.9 Å². The first-order chi connectivity index (χ1) is 15.9. The summed E-state index contributed by atoms with van der Waals surface area (Å²) in [5.41, 5.74) is -1.56. The third-order valence-corrected chi connectivity index (χ3v) is 11.2. The lowest BCUT2D eigenvalue weighted by molar-refractivity contribution is -0.164. The van der Waals surface area contributed by atoms with E-state index >= 15 is 0 Å². The molecule has 0 amide bonds. The van der Waals surface area contributed by atoms with E-state index in [-0.39, 0.29) is 35.1 Å². The lowest BCUT2D eigenvalue weighted by atomic mass is 9.46. The second kappa shape index (κ2) is 7.57. The van der Waals surface area contributed by atoms with Crippen molar-refractivity contribution in [3.63, 3.8) is 0 Å². The molecule has 182 valence electrons. The Morgan fingerprint density at radius 2 is 1.97 bits per heavy atom. The maximum absolute atomic E-state index is 13.4. The number of alkyl halides is 2. The minimum atomic E-state index is -1.33. The first kappa shape index (κ1) is 23.9. The van der Waals surface area contributed by atoms with Gasteiger partial charge in [0, 0.05) is 16.7 Å². The van der Waals surface area contributed by atoms with Crippen molar-refractivity contribution in [1.29, 1.82) is 0 Å². The number of halogens is 2. The van der Waals surface area contributed by atoms with E-state index < -0.39 is 32.7 Å². The first-order valence-corrected chi connectivity index (χ1v) is 12.8. The molecule has 0 bridgehead atoms. The number of furan rings is 1. The monoisotopic (exact) mass is 504 g/mol. The van der Waals surface area contributed by atoms with Crippen molar-refractivity contribution in [2.45, 2.75) is 69.2 Å². The lowest BCUT2D eigenvalue weighted by Gasteiger charge is -2.64. The quantitative estimate of drug-likeness (QED) is 0.378. The summed E-state index contributed by atoms with van der Waals surface area (Å²) in [4.78, 5) is 37.7. The molecular weight excluding hydrogens is 475 g/mol. The van der Waals surface area contributed by atoms with Gasteiger partial charge in [0.1, 0.15) is 0 Å². The van der Waals surface area contributed by atoms with Gasteiger partial charge in [0.05, 0.1) is 16.5 Å². The molecule has 7 heteroatoms. The van der Waals surface area contributed by atoms with Crippen molar-refractivity contribution in [2.75, 3.05) is 0 Å². The van der Waals surface area contributed by atoms with Crippen LogP contribution < -0.4 is 0 Å². The van der Waals surface area contributed by atoms with Crippen molar-refractivity contribution < 1.29 is 23.5 Å². The number of carbonyl (C=O) groups is 3. The summed E-state index contributed by atoms with van der Waals surface area (Å²) in [6.45, 7) is 7.60. The van der Waals surface area contributed by atoms with Crippen LogP contribution in [0.3, 0.4) is 0 Å². The van der Waals surface area contributed by atoms with Gasteiger partial charge in [-0.1, -0.05) is 32.4 Å². The van der Waals surface area contributed by atoms with Crippen LogP contribution in [-0.4, -0.2) is 33.4 Å².